The van der Waals surface area contributed by atoms with Gasteiger partial charge in [0, 0.05) is 15.1 Å². The highest BCUT2D eigenvalue weighted by Gasteiger charge is 2.19. The second-order valence-corrected chi connectivity index (χ2v) is 8.54. The largest absolute Gasteiger partial charge is 0.488 e. The summed E-state index contributed by atoms with van der Waals surface area (Å²) in [5, 5.41) is 4.91. The lowest BCUT2D eigenvalue weighted by Gasteiger charge is -2.16. The standard InChI is InChI=1S/C24H21BrCl2N2O3/c1-2-21(32-23-11-9-19(26)13-20(23)27)24(30)29-28-14-17-12-18(25)8-10-22(17)31-15-16-6-4-3-5-7-16/h3-14,21H,2,15H2,1H3,(H,29,30)/b28-14-/t21-/m0/s1. The molecule has 0 saturated carbocycles. The van der Waals surface area contributed by atoms with Crippen molar-refractivity contribution in [2.24, 2.45) is 5.10 Å². The van der Waals surface area contributed by atoms with Gasteiger partial charge >= 0.3 is 0 Å². The lowest BCUT2D eigenvalue weighted by Crippen LogP contribution is -2.35. The summed E-state index contributed by atoms with van der Waals surface area (Å²) in [4.78, 5) is 12.6. The third-order valence-corrected chi connectivity index (χ3v) is 5.44. The summed E-state index contributed by atoms with van der Waals surface area (Å²) in [6.45, 7) is 2.25. The summed E-state index contributed by atoms with van der Waals surface area (Å²) in [7, 11) is 0. The molecule has 3 aromatic rings. The average molecular weight is 536 g/mol. The molecule has 3 rings (SSSR count). The molecule has 3 aromatic carbocycles. The summed E-state index contributed by atoms with van der Waals surface area (Å²) >= 11 is 15.5. The van der Waals surface area contributed by atoms with Crippen molar-refractivity contribution in [3.8, 4) is 11.5 Å². The van der Waals surface area contributed by atoms with Crippen LogP contribution in [0.3, 0.4) is 0 Å². The summed E-state index contributed by atoms with van der Waals surface area (Å²) in [6, 6.07) is 20.3. The van der Waals surface area contributed by atoms with E-state index in [1.54, 1.807) is 18.2 Å². The maximum atomic E-state index is 12.6. The van der Waals surface area contributed by atoms with Crippen LogP contribution in [0, 0.1) is 0 Å². The van der Waals surface area contributed by atoms with E-state index in [1.807, 2.05) is 55.5 Å². The van der Waals surface area contributed by atoms with E-state index in [0.29, 0.717) is 40.1 Å². The van der Waals surface area contributed by atoms with Crippen molar-refractivity contribution in [3.63, 3.8) is 0 Å². The molecule has 0 aromatic heterocycles. The minimum Gasteiger partial charge on any atom is -0.488 e. The fraction of sp³-hybridized carbons (Fsp3) is 0.167. The van der Waals surface area contributed by atoms with Crippen LogP contribution in [0.25, 0.3) is 0 Å². The molecule has 0 fully saturated rings. The first kappa shape index (κ1) is 24.1. The van der Waals surface area contributed by atoms with Crippen molar-refractivity contribution in [3.05, 3.63) is 92.4 Å². The molecule has 0 aliphatic rings. The average Bonchev–Trinajstić information content (AvgIpc) is 2.78. The number of benzene rings is 3. The van der Waals surface area contributed by atoms with E-state index in [2.05, 4.69) is 26.5 Å². The fourth-order valence-corrected chi connectivity index (χ4v) is 3.60. The SMILES string of the molecule is CC[C@H](Oc1ccc(Cl)cc1Cl)C(=O)N/N=C\c1cc(Br)ccc1OCc1ccccc1. The van der Waals surface area contributed by atoms with E-state index in [-0.39, 0.29) is 0 Å². The predicted octanol–water partition coefficient (Wildman–Crippen LogP) is 6.64. The van der Waals surface area contributed by atoms with Crippen LogP contribution in [0.2, 0.25) is 10.0 Å². The molecule has 1 amide bonds. The molecule has 0 saturated heterocycles. The van der Waals surface area contributed by atoms with Gasteiger partial charge in [0.25, 0.3) is 5.91 Å². The second kappa shape index (κ2) is 11.9. The molecule has 0 aliphatic heterocycles. The van der Waals surface area contributed by atoms with Gasteiger partial charge in [0.05, 0.1) is 11.2 Å². The molecule has 0 unspecified atom stereocenters. The van der Waals surface area contributed by atoms with Crippen LogP contribution >= 0.6 is 39.1 Å². The zero-order valence-electron chi connectivity index (χ0n) is 17.2. The Morgan fingerprint density at radius 2 is 1.84 bits per heavy atom. The van der Waals surface area contributed by atoms with Gasteiger partial charge in [-0.05, 0) is 48.4 Å². The van der Waals surface area contributed by atoms with E-state index in [1.165, 1.54) is 6.21 Å². The summed E-state index contributed by atoms with van der Waals surface area (Å²) in [6.07, 6.45) is 1.20. The Morgan fingerprint density at radius 3 is 2.56 bits per heavy atom. The van der Waals surface area contributed by atoms with Gasteiger partial charge in [0.1, 0.15) is 18.1 Å². The quantitative estimate of drug-likeness (QED) is 0.246. The van der Waals surface area contributed by atoms with Crippen LogP contribution in [0.5, 0.6) is 11.5 Å². The lowest BCUT2D eigenvalue weighted by molar-refractivity contribution is -0.128. The molecule has 8 heteroatoms. The van der Waals surface area contributed by atoms with Crippen molar-refractivity contribution in [2.45, 2.75) is 26.1 Å². The van der Waals surface area contributed by atoms with Gasteiger partial charge in [0.2, 0.25) is 0 Å². The van der Waals surface area contributed by atoms with Gasteiger partial charge in [-0.15, -0.1) is 0 Å². The molecule has 0 aliphatic carbocycles. The van der Waals surface area contributed by atoms with Gasteiger partial charge in [-0.25, -0.2) is 5.43 Å². The van der Waals surface area contributed by atoms with Crippen LogP contribution in [0.4, 0.5) is 0 Å². The monoisotopic (exact) mass is 534 g/mol. The highest BCUT2D eigenvalue weighted by Crippen LogP contribution is 2.28. The molecule has 166 valence electrons. The smallest absolute Gasteiger partial charge is 0.281 e. The maximum absolute atomic E-state index is 12.6. The Kier molecular flexibility index (Phi) is 8.97. The number of ether oxygens (including phenoxy) is 2. The summed E-state index contributed by atoms with van der Waals surface area (Å²) in [5.74, 6) is 0.633. The zero-order valence-corrected chi connectivity index (χ0v) is 20.3. The Hall–Kier alpha value is -2.54. The van der Waals surface area contributed by atoms with Gasteiger partial charge in [-0.1, -0.05) is 76.4 Å². The Balaban J connectivity index is 1.64. The number of hydrazone groups is 1. The maximum Gasteiger partial charge on any atom is 0.281 e. The van der Waals surface area contributed by atoms with Gasteiger partial charge in [-0.2, -0.15) is 5.10 Å². The number of hydrogen-bond donors (Lipinski definition) is 1. The first-order valence-electron chi connectivity index (χ1n) is 9.87. The molecule has 5 nitrogen and oxygen atoms in total. The van der Waals surface area contributed by atoms with E-state index < -0.39 is 12.0 Å². The highest BCUT2D eigenvalue weighted by molar-refractivity contribution is 9.10. The van der Waals surface area contributed by atoms with Crippen LogP contribution in [0.1, 0.15) is 24.5 Å². The first-order chi connectivity index (χ1) is 15.5. The Bertz CT molecular complexity index is 1090. The molecule has 32 heavy (non-hydrogen) atoms. The van der Waals surface area contributed by atoms with Crippen molar-refractivity contribution >= 4 is 51.3 Å². The zero-order chi connectivity index (χ0) is 22.9. The number of hydrogen-bond acceptors (Lipinski definition) is 4. The Labute approximate surface area is 205 Å². The first-order valence-corrected chi connectivity index (χ1v) is 11.4. The highest BCUT2D eigenvalue weighted by atomic mass is 79.9. The van der Waals surface area contributed by atoms with E-state index in [0.717, 1.165) is 10.0 Å². The molecule has 0 spiro atoms. The molecule has 0 radical (unpaired) electrons. The van der Waals surface area contributed by atoms with Gasteiger partial charge in [0.15, 0.2) is 6.10 Å². The third kappa shape index (κ3) is 6.99. The van der Waals surface area contributed by atoms with E-state index >= 15 is 0 Å². The summed E-state index contributed by atoms with van der Waals surface area (Å²) in [5.41, 5.74) is 4.28. The third-order valence-electron chi connectivity index (χ3n) is 4.41. The van der Waals surface area contributed by atoms with Crippen LogP contribution < -0.4 is 14.9 Å². The number of halogens is 3. The second-order valence-electron chi connectivity index (χ2n) is 6.78. The molecule has 0 heterocycles. The molecule has 1 N–H and O–H groups in total. The summed E-state index contributed by atoms with van der Waals surface area (Å²) < 4.78 is 12.5. The van der Waals surface area contributed by atoms with Gasteiger partial charge < -0.3 is 9.47 Å². The van der Waals surface area contributed by atoms with E-state index in [4.69, 9.17) is 32.7 Å². The van der Waals surface area contributed by atoms with Gasteiger partial charge in [-0.3, -0.25) is 4.79 Å². The minimum absolute atomic E-state index is 0.335. The number of nitrogens with one attached hydrogen (secondary N) is 1. The molecule has 1 atom stereocenters. The molecular formula is C24H21BrCl2N2O3. The number of nitrogens with zero attached hydrogens (tertiary/aromatic N) is 1. The number of amides is 1. The minimum atomic E-state index is -0.762. The lowest BCUT2D eigenvalue weighted by atomic mass is 10.2. The van der Waals surface area contributed by atoms with Crippen LogP contribution in [-0.2, 0) is 11.4 Å². The molecule has 0 bridgehead atoms. The topological polar surface area (TPSA) is 59.9 Å². The van der Waals surface area contributed by atoms with Crippen LogP contribution in [0.15, 0.2) is 76.3 Å². The number of rotatable bonds is 9. The van der Waals surface area contributed by atoms with Crippen LogP contribution in [-0.4, -0.2) is 18.2 Å². The number of carbonyl (C=O) groups is 1. The van der Waals surface area contributed by atoms with Crippen molar-refractivity contribution in [1.29, 1.82) is 0 Å². The fourth-order valence-electron chi connectivity index (χ4n) is 2.77. The predicted molar refractivity (Wildman–Crippen MR) is 132 cm³/mol. The van der Waals surface area contributed by atoms with Crippen molar-refractivity contribution in [2.75, 3.05) is 0 Å². The molecular weight excluding hydrogens is 515 g/mol. The van der Waals surface area contributed by atoms with Crippen molar-refractivity contribution < 1.29 is 14.3 Å². The van der Waals surface area contributed by atoms with E-state index in [9.17, 15) is 4.79 Å². The Morgan fingerprint density at radius 1 is 1.09 bits per heavy atom. The number of carbonyl (C=O) groups excluding carboxylic acids is 1. The van der Waals surface area contributed by atoms with Crippen molar-refractivity contribution in [1.82, 2.24) is 5.43 Å². The normalized spacial score (nSPS) is 11.9.